The molecular weight excluding hydrogens is 412 g/mol. The number of carbonyl (C=O) groups is 3. The van der Waals surface area contributed by atoms with Gasteiger partial charge >= 0.3 is 11.9 Å². The molecule has 2 aromatic carbocycles. The van der Waals surface area contributed by atoms with Crippen molar-refractivity contribution in [2.45, 2.75) is 12.3 Å². The zero-order valence-electron chi connectivity index (χ0n) is 17.6. The lowest BCUT2D eigenvalue weighted by Crippen LogP contribution is -2.47. The number of cyclic esters (lactones) is 1. The molecule has 0 aliphatic carbocycles. The van der Waals surface area contributed by atoms with E-state index in [4.69, 9.17) is 19.9 Å². The van der Waals surface area contributed by atoms with Crippen molar-refractivity contribution in [2.75, 3.05) is 25.6 Å². The lowest BCUT2D eigenvalue weighted by Gasteiger charge is -2.36. The van der Waals surface area contributed by atoms with Gasteiger partial charge in [-0.3, -0.25) is 4.79 Å². The van der Waals surface area contributed by atoms with Crippen molar-refractivity contribution in [2.24, 2.45) is 5.73 Å². The molecule has 2 aromatic rings. The molecule has 0 unspecified atom stereocenters. The first-order valence-electron chi connectivity index (χ1n) is 9.99. The maximum absolute atomic E-state index is 13.7. The third-order valence-electron chi connectivity index (χ3n) is 5.51. The average molecular weight is 434 g/mol. The second kappa shape index (κ2) is 8.32. The van der Waals surface area contributed by atoms with Gasteiger partial charge in [0.05, 0.1) is 12.2 Å². The van der Waals surface area contributed by atoms with E-state index in [0.29, 0.717) is 16.8 Å². The molecule has 0 radical (unpaired) electrons. The molecule has 3 N–H and O–H groups in total. The van der Waals surface area contributed by atoms with Crippen LogP contribution in [0.2, 0.25) is 0 Å². The number of anilines is 1. The van der Waals surface area contributed by atoms with Crippen LogP contribution in [0.3, 0.4) is 0 Å². The van der Waals surface area contributed by atoms with E-state index < -0.39 is 23.1 Å². The Bertz CT molecular complexity index is 1170. The number of carbonyl (C=O) groups excluding carboxylic acids is 3. The van der Waals surface area contributed by atoms with Crippen molar-refractivity contribution in [3.8, 4) is 0 Å². The molecule has 4 rings (SSSR count). The summed E-state index contributed by atoms with van der Waals surface area (Å²) in [6.07, 6.45) is 0. The Kier molecular flexibility index (Phi) is 5.54. The van der Waals surface area contributed by atoms with Crippen LogP contribution < -0.4 is 11.1 Å². The summed E-state index contributed by atoms with van der Waals surface area (Å²) in [5.41, 5.74) is 5.46. The molecule has 8 heteroatoms. The van der Waals surface area contributed by atoms with E-state index >= 15 is 0 Å². The number of nitrogens with two attached hydrogens (primary N) is 1. The fourth-order valence-electron chi connectivity index (χ4n) is 4.18. The summed E-state index contributed by atoms with van der Waals surface area (Å²) in [5, 5.41) is 2.95. The molecule has 1 spiro atoms. The second-order valence-corrected chi connectivity index (χ2v) is 7.35. The minimum Gasteiger partial charge on any atom is -0.460 e. The van der Waals surface area contributed by atoms with Crippen LogP contribution in [0.1, 0.15) is 22.8 Å². The number of rotatable bonds is 6. The van der Waals surface area contributed by atoms with Gasteiger partial charge in [0.2, 0.25) is 0 Å². The quantitative estimate of drug-likeness (QED) is 0.404. The Balaban J connectivity index is 1.97. The summed E-state index contributed by atoms with van der Waals surface area (Å²) in [5.74, 6) is -2.05. The molecule has 2 heterocycles. The zero-order chi connectivity index (χ0) is 22.9. The summed E-state index contributed by atoms with van der Waals surface area (Å²) in [6, 6.07) is 15.3. The van der Waals surface area contributed by atoms with Gasteiger partial charge < -0.3 is 25.3 Å². The van der Waals surface area contributed by atoms with E-state index in [9.17, 15) is 14.4 Å². The molecule has 0 amide bonds. The number of ketones is 1. The summed E-state index contributed by atoms with van der Waals surface area (Å²) in [6.45, 7) is 1.63. The highest BCUT2D eigenvalue weighted by atomic mass is 16.6. The van der Waals surface area contributed by atoms with E-state index in [2.05, 4.69) is 5.32 Å². The molecule has 2 aliphatic heterocycles. The van der Waals surface area contributed by atoms with Gasteiger partial charge in [0.1, 0.15) is 23.8 Å². The van der Waals surface area contributed by atoms with E-state index in [0.717, 1.165) is 0 Å². The number of hydrogen-bond acceptors (Lipinski definition) is 8. The number of esters is 2. The molecule has 0 saturated carbocycles. The number of fused-ring (bicyclic) bond motifs is 2. The van der Waals surface area contributed by atoms with Gasteiger partial charge in [-0.1, -0.05) is 48.5 Å². The molecular formula is C24H22N2O6. The maximum Gasteiger partial charge on any atom is 0.339 e. The predicted molar refractivity (Wildman–Crippen MR) is 115 cm³/mol. The van der Waals surface area contributed by atoms with Gasteiger partial charge in [-0.25, -0.2) is 9.59 Å². The molecule has 0 aromatic heterocycles. The minimum absolute atomic E-state index is 0.0318. The van der Waals surface area contributed by atoms with Gasteiger partial charge in [0, 0.05) is 23.9 Å². The Labute approximate surface area is 184 Å². The van der Waals surface area contributed by atoms with E-state index in [1.165, 1.54) is 14.0 Å². The molecule has 2 aliphatic rings. The number of nitrogens with one attached hydrogen (secondary N) is 1. The standard InChI is InChI=1S/C24H22N2O6/c1-14-18(20(27)15-8-4-3-5-9-15)24(23(29)32-14)16-10-6-7-11-17(16)26-21(25)19(24)22(28)31-13-12-30-2/h3-11,26H,12-13,25H2,1-2H3/t24-/m1/s1. The third-order valence-corrected chi connectivity index (χ3v) is 5.51. The smallest absolute Gasteiger partial charge is 0.339 e. The Morgan fingerprint density at radius 3 is 2.44 bits per heavy atom. The number of ether oxygens (including phenoxy) is 3. The summed E-state index contributed by atoms with van der Waals surface area (Å²) >= 11 is 0. The van der Waals surface area contributed by atoms with Crippen LogP contribution in [0.15, 0.2) is 77.3 Å². The SMILES string of the molecule is COCCOC(=O)C1=C(N)Nc2ccccc2[C@]12C(=O)OC(C)=C2C(=O)c1ccccc1. The predicted octanol–water partition coefficient (Wildman–Crippen LogP) is 2.42. The molecule has 0 saturated heterocycles. The van der Waals surface area contributed by atoms with Gasteiger partial charge in [-0.05, 0) is 13.0 Å². The topological polar surface area (TPSA) is 117 Å². The fourth-order valence-corrected chi connectivity index (χ4v) is 4.18. The van der Waals surface area contributed by atoms with Crippen LogP contribution in [0, 0.1) is 0 Å². The molecule has 1 atom stereocenters. The van der Waals surface area contributed by atoms with E-state index in [-0.39, 0.29) is 35.9 Å². The van der Waals surface area contributed by atoms with Gasteiger partial charge in [0.25, 0.3) is 0 Å². The second-order valence-electron chi connectivity index (χ2n) is 7.35. The van der Waals surface area contributed by atoms with E-state index in [1.807, 2.05) is 0 Å². The number of allylic oxidation sites excluding steroid dienone is 1. The maximum atomic E-state index is 13.7. The first-order valence-corrected chi connectivity index (χ1v) is 9.99. The normalized spacial score (nSPS) is 19.5. The number of hydrogen-bond donors (Lipinski definition) is 2. The van der Waals surface area contributed by atoms with Gasteiger partial charge in [-0.2, -0.15) is 0 Å². The van der Waals surface area contributed by atoms with Crippen LogP contribution in [0.4, 0.5) is 5.69 Å². The molecule has 32 heavy (non-hydrogen) atoms. The van der Waals surface area contributed by atoms with E-state index in [1.54, 1.807) is 54.6 Å². The summed E-state index contributed by atoms with van der Waals surface area (Å²) in [7, 11) is 1.47. The van der Waals surface area contributed by atoms with Crippen molar-refractivity contribution < 1.29 is 28.6 Å². The first-order chi connectivity index (χ1) is 15.4. The molecule has 0 bridgehead atoms. The van der Waals surface area contributed by atoms with Crippen LogP contribution in [0.25, 0.3) is 0 Å². The number of Topliss-reactive ketones (excluding diaryl/α,β-unsaturated/α-hetero) is 1. The number of para-hydroxylation sites is 1. The lowest BCUT2D eigenvalue weighted by molar-refractivity contribution is -0.146. The zero-order valence-corrected chi connectivity index (χ0v) is 17.6. The Morgan fingerprint density at radius 1 is 1.03 bits per heavy atom. The summed E-state index contributed by atoms with van der Waals surface area (Å²) < 4.78 is 15.8. The Hall–Kier alpha value is -3.91. The van der Waals surface area contributed by atoms with Crippen LogP contribution in [-0.4, -0.2) is 38.0 Å². The van der Waals surface area contributed by atoms with Crippen molar-refractivity contribution in [1.29, 1.82) is 0 Å². The van der Waals surface area contributed by atoms with Crippen molar-refractivity contribution in [1.82, 2.24) is 0 Å². The summed E-state index contributed by atoms with van der Waals surface area (Å²) in [4.78, 5) is 40.4. The largest absolute Gasteiger partial charge is 0.460 e. The van der Waals surface area contributed by atoms with Crippen LogP contribution in [0.5, 0.6) is 0 Å². The monoisotopic (exact) mass is 434 g/mol. The van der Waals surface area contributed by atoms with Gasteiger partial charge in [0.15, 0.2) is 11.2 Å². The molecule has 0 fully saturated rings. The van der Waals surface area contributed by atoms with Gasteiger partial charge in [-0.15, -0.1) is 0 Å². The highest BCUT2D eigenvalue weighted by Crippen LogP contribution is 2.53. The van der Waals surface area contributed by atoms with Crippen molar-refractivity contribution in [3.05, 3.63) is 88.5 Å². The highest BCUT2D eigenvalue weighted by molar-refractivity contribution is 6.21. The van der Waals surface area contributed by atoms with Crippen molar-refractivity contribution >= 4 is 23.4 Å². The minimum atomic E-state index is -1.87. The highest BCUT2D eigenvalue weighted by Gasteiger charge is 2.62. The van der Waals surface area contributed by atoms with Crippen molar-refractivity contribution in [3.63, 3.8) is 0 Å². The Morgan fingerprint density at radius 2 is 1.72 bits per heavy atom. The molecule has 8 nitrogen and oxygen atoms in total. The lowest BCUT2D eigenvalue weighted by atomic mass is 9.65. The average Bonchev–Trinajstić information content (AvgIpc) is 3.04. The fraction of sp³-hybridized carbons (Fsp3) is 0.208. The third kappa shape index (κ3) is 3.16. The number of methoxy groups -OCH3 is 1. The number of benzene rings is 2. The molecule has 164 valence electrons. The van der Waals surface area contributed by atoms with Crippen LogP contribution in [-0.2, 0) is 29.2 Å². The van der Waals surface area contributed by atoms with Crippen LogP contribution >= 0.6 is 0 Å². The first kappa shape index (κ1) is 21.3.